The molecule has 3 aromatic rings. The Balaban J connectivity index is 1.49. The molecule has 1 fully saturated rings. The Hall–Kier alpha value is -3.08. The molecule has 1 aliphatic heterocycles. The zero-order chi connectivity index (χ0) is 20.8. The second-order valence-electron chi connectivity index (χ2n) is 7.84. The molecule has 1 atom stereocenters. The van der Waals surface area contributed by atoms with Gasteiger partial charge in [0.25, 0.3) is 0 Å². The van der Waals surface area contributed by atoms with E-state index in [4.69, 9.17) is 4.99 Å². The molecule has 0 amide bonds. The van der Waals surface area contributed by atoms with Gasteiger partial charge in [-0.05, 0) is 62.1 Å². The number of aliphatic imine (C=N–C) groups is 1. The number of hydrogen-bond donors (Lipinski definition) is 2. The van der Waals surface area contributed by atoms with Crippen molar-refractivity contribution >= 4 is 22.5 Å². The lowest BCUT2D eigenvalue weighted by Crippen LogP contribution is -2.38. The Morgan fingerprint density at radius 3 is 2.77 bits per heavy atom. The molecule has 0 aliphatic carbocycles. The second kappa shape index (κ2) is 9.61. The molecule has 0 spiro atoms. The van der Waals surface area contributed by atoms with E-state index in [2.05, 4.69) is 76.8 Å². The van der Waals surface area contributed by atoms with Crippen LogP contribution < -0.4 is 15.5 Å². The third kappa shape index (κ3) is 4.73. The summed E-state index contributed by atoms with van der Waals surface area (Å²) in [5, 5.41) is 8.12. The molecule has 2 heterocycles. The lowest BCUT2D eigenvalue weighted by molar-refractivity contribution is 0.686. The highest BCUT2D eigenvalue weighted by molar-refractivity contribution is 5.83. The first-order valence-electron chi connectivity index (χ1n) is 11.0. The molecule has 2 N–H and O–H groups in total. The van der Waals surface area contributed by atoms with E-state index in [0.29, 0.717) is 6.54 Å². The number of nitrogens with zero attached hydrogens (tertiary/aromatic N) is 3. The van der Waals surface area contributed by atoms with Gasteiger partial charge < -0.3 is 15.5 Å². The maximum absolute atomic E-state index is 4.86. The molecule has 0 radical (unpaired) electrons. The van der Waals surface area contributed by atoms with Crippen LogP contribution in [-0.4, -0.2) is 30.6 Å². The lowest BCUT2D eigenvalue weighted by atomic mass is 10.1. The van der Waals surface area contributed by atoms with E-state index in [9.17, 15) is 0 Å². The van der Waals surface area contributed by atoms with Crippen molar-refractivity contribution in [1.29, 1.82) is 0 Å². The molecule has 2 aromatic carbocycles. The predicted molar refractivity (Wildman–Crippen MR) is 126 cm³/mol. The maximum Gasteiger partial charge on any atom is 0.192 e. The van der Waals surface area contributed by atoms with Crippen LogP contribution in [0.2, 0.25) is 0 Å². The summed E-state index contributed by atoms with van der Waals surface area (Å²) in [7, 11) is 0. The molecular formula is C25H31N5. The topological polar surface area (TPSA) is 52.6 Å². The number of pyridine rings is 1. The Bertz CT molecular complexity index is 1000. The summed E-state index contributed by atoms with van der Waals surface area (Å²) in [6, 6.07) is 19.3. The Morgan fingerprint density at radius 1 is 1.10 bits per heavy atom. The molecular weight excluding hydrogens is 370 g/mol. The first kappa shape index (κ1) is 20.2. The average Bonchev–Trinajstić information content (AvgIpc) is 3.33. The van der Waals surface area contributed by atoms with Crippen molar-refractivity contribution in [3.8, 4) is 0 Å². The van der Waals surface area contributed by atoms with Crippen LogP contribution in [-0.2, 0) is 6.54 Å². The van der Waals surface area contributed by atoms with Gasteiger partial charge >= 0.3 is 0 Å². The monoisotopic (exact) mass is 401 g/mol. The maximum atomic E-state index is 4.86. The van der Waals surface area contributed by atoms with Gasteiger partial charge in [0.1, 0.15) is 0 Å². The summed E-state index contributed by atoms with van der Waals surface area (Å²) in [5.74, 6) is 0.831. The molecule has 0 bridgehead atoms. The highest BCUT2D eigenvalue weighted by Gasteiger charge is 2.14. The van der Waals surface area contributed by atoms with Gasteiger partial charge in [-0.1, -0.05) is 30.3 Å². The number of guanidine groups is 1. The average molecular weight is 402 g/mol. The van der Waals surface area contributed by atoms with Crippen LogP contribution in [0.25, 0.3) is 10.9 Å². The van der Waals surface area contributed by atoms with Crippen LogP contribution in [0.3, 0.4) is 0 Å². The number of fused-ring (bicyclic) bond motifs is 1. The van der Waals surface area contributed by atoms with E-state index < -0.39 is 0 Å². The number of rotatable bonds is 6. The molecule has 30 heavy (non-hydrogen) atoms. The Morgan fingerprint density at radius 2 is 1.93 bits per heavy atom. The first-order valence-corrected chi connectivity index (χ1v) is 11.0. The summed E-state index contributed by atoms with van der Waals surface area (Å²) >= 11 is 0. The molecule has 1 aliphatic rings. The Labute approximate surface area is 179 Å². The molecule has 4 rings (SSSR count). The minimum absolute atomic E-state index is 0.166. The van der Waals surface area contributed by atoms with Crippen molar-refractivity contribution in [2.24, 2.45) is 4.99 Å². The Kier molecular flexibility index (Phi) is 6.47. The molecule has 1 unspecified atom stereocenters. The van der Waals surface area contributed by atoms with E-state index in [1.165, 1.54) is 29.7 Å². The van der Waals surface area contributed by atoms with Crippen molar-refractivity contribution in [1.82, 2.24) is 15.6 Å². The molecule has 5 nitrogen and oxygen atoms in total. The molecule has 0 saturated carbocycles. The number of hydrogen-bond acceptors (Lipinski definition) is 3. The smallest absolute Gasteiger partial charge is 0.192 e. The summed E-state index contributed by atoms with van der Waals surface area (Å²) in [6.45, 7) is 8.04. The zero-order valence-corrected chi connectivity index (χ0v) is 17.9. The molecule has 156 valence electrons. The summed E-state index contributed by atoms with van der Waals surface area (Å²) in [4.78, 5) is 11.8. The molecule has 1 aromatic heterocycles. The number of nitrogens with one attached hydrogen (secondary N) is 2. The van der Waals surface area contributed by atoms with E-state index in [0.717, 1.165) is 36.5 Å². The van der Waals surface area contributed by atoms with E-state index in [1.54, 1.807) is 0 Å². The highest BCUT2D eigenvalue weighted by Crippen LogP contribution is 2.24. The van der Waals surface area contributed by atoms with Crippen LogP contribution in [0.4, 0.5) is 5.69 Å². The standard InChI is InChI=1S/C25H31N5/c1-3-26-25(28-18-21-13-14-27-24-12-5-4-11-23(21)24)29-19(2)20-9-8-10-22(17-20)30-15-6-7-16-30/h4-5,8-14,17,19H,3,6-7,15-16,18H2,1-2H3,(H2,26,28,29). The lowest BCUT2D eigenvalue weighted by Gasteiger charge is -2.22. The number of anilines is 1. The first-order chi connectivity index (χ1) is 14.7. The second-order valence-corrected chi connectivity index (χ2v) is 7.84. The van der Waals surface area contributed by atoms with Gasteiger partial charge in [0.2, 0.25) is 0 Å². The third-order valence-corrected chi connectivity index (χ3v) is 5.69. The minimum atomic E-state index is 0.166. The number of aromatic nitrogens is 1. The van der Waals surface area contributed by atoms with Gasteiger partial charge in [0.15, 0.2) is 5.96 Å². The van der Waals surface area contributed by atoms with E-state index >= 15 is 0 Å². The largest absolute Gasteiger partial charge is 0.372 e. The van der Waals surface area contributed by atoms with Gasteiger partial charge in [0.05, 0.1) is 18.1 Å². The summed E-state index contributed by atoms with van der Waals surface area (Å²) in [6.07, 6.45) is 4.44. The molecule has 5 heteroatoms. The van der Waals surface area contributed by atoms with Crippen LogP contribution in [0.5, 0.6) is 0 Å². The van der Waals surface area contributed by atoms with Crippen LogP contribution in [0.1, 0.15) is 43.9 Å². The van der Waals surface area contributed by atoms with Crippen molar-refractivity contribution in [3.63, 3.8) is 0 Å². The SMILES string of the molecule is CCNC(=NCc1ccnc2ccccc12)NC(C)c1cccc(N2CCCC2)c1. The fraction of sp³-hybridized carbons (Fsp3) is 0.360. The van der Waals surface area contributed by atoms with Crippen molar-refractivity contribution in [2.75, 3.05) is 24.5 Å². The fourth-order valence-electron chi connectivity index (χ4n) is 4.03. The van der Waals surface area contributed by atoms with E-state index in [1.807, 2.05) is 18.3 Å². The summed E-state index contributed by atoms with van der Waals surface area (Å²) < 4.78 is 0. The van der Waals surface area contributed by atoms with Gasteiger partial charge in [-0.3, -0.25) is 4.98 Å². The zero-order valence-electron chi connectivity index (χ0n) is 17.9. The van der Waals surface area contributed by atoms with Gasteiger partial charge in [-0.2, -0.15) is 0 Å². The van der Waals surface area contributed by atoms with Gasteiger partial charge in [-0.15, -0.1) is 0 Å². The van der Waals surface area contributed by atoms with Crippen molar-refractivity contribution < 1.29 is 0 Å². The predicted octanol–water partition coefficient (Wildman–Crippen LogP) is 4.65. The van der Waals surface area contributed by atoms with Gasteiger partial charge in [-0.25, -0.2) is 4.99 Å². The van der Waals surface area contributed by atoms with Gasteiger partial charge in [0, 0.05) is 36.9 Å². The third-order valence-electron chi connectivity index (χ3n) is 5.69. The quantitative estimate of drug-likeness (QED) is 0.466. The minimum Gasteiger partial charge on any atom is -0.372 e. The normalized spacial score (nSPS) is 15.4. The number of benzene rings is 2. The highest BCUT2D eigenvalue weighted by atomic mass is 15.2. The number of para-hydroxylation sites is 1. The van der Waals surface area contributed by atoms with Crippen molar-refractivity contribution in [3.05, 3.63) is 71.9 Å². The fourth-order valence-corrected chi connectivity index (χ4v) is 4.03. The van der Waals surface area contributed by atoms with Crippen molar-refractivity contribution in [2.45, 2.75) is 39.3 Å². The van der Waals surface area contributed by atoms with Crippen LogP contribution in [0, 0.1) is 0 Å². The summed E-state index contributed by atoms with van der Waals surface area (Å²) in [5.41, 5.74) is 4.79. The molecule has 1 saturated heterocycles. The van der Waals surface area contributed by atoms with Crippen LogP contribution in [0.15, 0.2) is 65.8 Å². The van der Waals surface area contributed by atoms with Crippen LogP contribution >= 0.6 is 0 Å². The van der Waals surface area contributed by atoms with E-state index in [-0.39, 0.29) is 6.04 Å².